The summed E-state index contributed by atoms with van der Waals surface area (Å²) in [5.41, 5.74) is 2.00. The third-order valence-corrected chi connectivity index (χ3v) is 14.4. The van der Waals surface area contributed by atoms with Gasteiger partial charge in [0.2, 0.25) is 0 Å². The van der Waals surface area contributed by atoms with Crippen molar-refractivity contribution in [2.24, 2.45) is 22.2 Å². The van der Waals surface area contributed by atoms with E-state index >= 15 is 0 Å². The maximum absolute atomic E-state index is 12.4. The molecular weight excluding hydrogens is 693 g/mol. The molecule has 5 atom stereocenters. The fourth-order valence-corrected chi connectivity index (χ4v) is 12.1. The molecule has 2 aromatic rings. The Morgan fingerprint density at radius 2 is 1.39 bits per heavy atom. The fraction of sp³-hybridized carbons (Fsp3) is 0.375. The Bertz CT molecular complexity index is 1500. The molecule has 3 aliphatic rings. The molecule has 2 aromatic carbocycles. The van der Waals surface area contributed by atoms with Crippen LogP contribution in [-0.4, -0.2) is 33.2 Å². The van der Waals surface area contributed by atoms with Gasteiger partial charge in [-0.3, -0.25) is 9.59 Å². The number of rotatable bonds is 5. The van der Waals surface area contributed by atoms with Crippen molar-refractivity contribution in [1.29, 1.82) is 0 Å². The normalized spacial score (nSPS) is 27.2. The molecule has 1 saturated carbocycles. The fourth-order valence-electron chi connectivity index (χ4n) is 6.44. The van der Waals surface area contributed by atoms with E-state index in [1.165, 1.54) is 5.57 Å². The van der Waals surface area contributed by atoms with Crippen LogP contribution in [0.4, 0.5) is 0 Å². The summed E-state index contributed by atoms with van der Waals surface area (Å²) in [6, 6.07) is 19.5. The first-order chi connectivity index (χ1) is 20.1. The summed E-state index contributed by atoms with van der Waals surface area (Å²) in [6.07, 6.45) is 1.64. The van der Waals surface area contributed by atoms with Gasteiger partial charge >= 0.3 is 34.5 Å². The minimum atomic E-state index is -4.58. The first-order valence-corrected chi connectivity index (χ1v) is 16.4. The van der Waals surface area contributed by atoms with Crippen molar-refractivity contribution >= 4 is 38.3 Å². The SMILES string of the molecule is CC1(C)[C@@H](C(=O)O)CC[C@@]1(C)C(=O)O.CC1=C(c2ccccc2)P2CC1(C)C(c1ccccc1)=C2P(=O)([O-])O.[C-]#[O+].[C-]#[O+].[Rh]. The number of carboxylic acid groups (broad SMARTS) is 2. The van der Waals surface area contributed by atoms with E-state index in [4.69, 9.17) is 19.5 Å². The summed E-state index contributed by atoms with van der Waals surface area (Å²) >= 11 is 0. The molecule has 44 heavy (non-hydrogen) atoms. The predicted molar refractivity (Wildman–Crippen MR) is 160 cm³/mol. The van der Waals surface area contributed by atoms with Crippen LogP contribution in [-0.2, 0) is 42.9 Å². The van der Waals surface area contributed by atoms with Gasteiger partial charge in [0.15, 0.2) is 7.60 Å². The van der Waals surface area contributed by atoms with Crippen LogP contribution in [0.3, 0.4) is 0 Å². The van der Waals surface area contributed by atoms with Crippen LogP contribution in [0.2, 0.25) is 0 Å². The minimum Gasteiger partial charge on any atom is 0 e. The van der Waals surface area contributed by atoms with Crippen LogP contribution in [0.5, 0.6) is 0 Å². The largest absolute Gasteiger partial charge is 0 e. The second kappa shape index (κ2) is 15.2. The Labute approximate surface area is 272 Å². The Morgan fingerprint density at radius 1 is 0.932 bits per heavy atom. The number of allylic oxidation sites excluding steroid dienone is 2. The molecule has 3 N–H and O–H groups in total. The standard InChI is InChI=1S/C20H20O3P2.C10H16O4.2CO.Rh/c1-14-18(16-11-7-4-8-12-16)24-13-20(14,2)17(19(24)25(21,22)23)15-9-5-3-6-10-15;1-9(2)6(7(11)12)4-5-10(9,3)8(13)14;2*1-2;/h3-12H,13H2,1-2H3,(H2,21,22,23);6H,4-5H2,1-3H3,(H,11,12)(H,13,14);;;/p-1/t;6-,10+;;;/m.1.../s1. The molecule has 2 heterocycles. The van der Waals surface area contributed by atoms with Gasteiger partial charge in [-0.25, -0.2) is 0 Å². The Kier molecular flexibility index (Phi) is 13.7. The molecule has 9 nitrogen and oxygen atoms in total. The molecule has 0 amide bonds. The topological polar surface area (TPSA) is 175 Å². The van der Waals surface area contributed by atoms with Gasteiger partial charge in [-0.1, -0.05) is 87.0 Å². The van der Waals surface area contributed by atoms with Crippen LogP contribution >= 0.6 is 15.5 Å². The molecule has 0 spiro atoms. The van der Waals surface area contributed by atoms with Crippen molar-refractivity contribution in [3.63, 3.8) is 0 Å². The zero-order valence-electron chi connectivity index (χ0n) is 25.0. The van der Waals surface area contributed by atoms with Crippen molar-refractivity contribution in [2.75, 3.05) is 6.16 Å². The molecule has 5 rings (SSSR count). The molecule has 2 bridgehead atoms. The van der Waals surface area contributed by atoms with Gasteiger partial charge in [0.1, 0.15) is 0 Å². The quantitative estimate of drug-likeness (QED) is 0.139. The van der Waals surface area contributed by atoms with Gasteiger partial charge in [-0.2, -0.15) is 0 Å². The molecule has 12 heteroatoms. The minimum absolute atomic E-state index is 0. The second-order valence-electron chi connectivity index (χ2n) is 11.6. The molecule has 3 unspecified atom stereocenters. The second-order valence-corrected chi connectivity index (χ2v) is 15.5. The molecule has 0 saturated heterocycles. The average molecular weight is 728 g/mol. The molecular formula is C32H35O9P2Rh-. The van der Waals surface area contributed by atoms with E-state index in [2.05, 4.69) is 27.1 Å². The number of benzene rings is 2. The van der Waals surface area contributed by atoms with E-state index in [1.54, 1.807) is 20.8 Å². The van der Waals surface area contributed by atoms with E-state index in [-0.39, 0.29) is 29.9 Å². The van der Waals surface area contributed by atoms with E-state index in [9.17, 15) is 23.9 Å². The monoisotopic (exact) mass is 728 g/mol. The van der Waals surface area contributed by atoms with Gasteiger partial charge in [0.05, 0.1) is 11.3 Å². The van der Waals surface area contributed by atoms with Gasteiger partial charge in [0.25, 0.3) is 0 Å². The first-order valence-electron chi connectivity index (χ1n) is 13.3. The van der Waals surface area contributed by atoms with E-state index < -0.39 is 44.2 Å². The average Bonchev–Trinajstić information content (AvgIpc) is 3.53. The predicted octanol–water partition coefficient (Wildman–Crippen LogP) is 6.37. The third kappa shape index (κ3) is 7.01. The Balaban J connectivity index is 0.000000437. The summed E-state index contributed by atoms with van der Waals surface area (Å²) in [4.78, 5) is 44.5. The van der Waals surface area contributed by atoms with Crippen LogP contribution in [0.15, 0.2) is 71.3 Å². The molecule has 0 aromatic heterocycles. The van der Waals surface area contributed by atoms with E-state index in [1.807, 2.05) is 60.7 Å². The Morgan fingerprint density at radius 3 is 1.75 bits per heavy atom. The van der Waals surface area contributed by atoms with Gasteiger partial charge in [0, 0.05) is 29.9 Å². The van der Waals surface area contributed by atoms with Crippen molar-refractivity contribution in [3.8, 4) is 0 Å². The maximum atomic E-state index is 12.4. The third-order valence-electron chi connectivity index (χ3n) is 9.33. The Hall–Kier alpha value is -2.46. The summed E-state index contributed by atoms with van der Waals surface area (Å²) in [6.45, 7) is 18.3. The van der Waals surface area contributed by atoms with Crippen LogP contribution in [0, 0.1) is 35.5 Å². The van der Waals surface area contributed by atoms with Gasteiger partial charge in [-0.15, -0.1) is 0 Å². The number of aliphatic carboxylic acids is 2. The van der Waals surface area contributed by atoms with Crippen LogP contribution < -0.4 is 4.89 Å². The zero-order valence-corrected chi connectivity index (χ0v) is 28.4. The molecule has 1 aliphatic carbocycles. The van der Waals surface area contributed by atoms with Crippen LogP contribution in [0.25, 0.3) is 10.9 Å². The zero-order chi connectivity index (χ0) is 33.0. The van der Waals surface area contributed by atoms with E-state index in [0.29, 0.717) is 12.8 Å². The number of hydrogen-bond donors (Lipinski definition) is 3. The van der Waals surface area contributed by atoms with E-state index in [0.717, 1.165) is 28.2 Å². The smallest absolute Gasteiger partial charge is 0 e. The van der Waals surface area contributed by atoms with Crippen LogP contribution in [0.1, 0.15) is 58.6 Å². The number of hydrogen-bond acceptors (Lipinski definition) is 4. The van der Waals surface area contributed by atoms with Crippen molar-refractivity contribution in [2.45, 2.75) is 47.5 Å². The van der Waals surface area contributed by atoms with Crippen molar-refractivity contribution < 1.29 is 62.9 Å². The number of carbonyl (C=O) groups is 2. The summed E-state index contributed by atoms with van der Waals surface area (Å²) in [5, 5.41) is 19.5. The van der Waals surface area contributed by atoms with Crippen molar-refractivity contribution in [1.82, 2.24) is 0 Å². The van der Waals surface area contributed by atoms with Gasteiger partial charge in [-0.05, 0) is 68.2 Å². The summed E-state index contributed by atoms with van der Waals surface area (Å²) < 4.78 is 27.4. The van der Waals surface area contributed by atoms with Gasteiger partial charge < -0.3 is 24.6 Å². The number of carboxylic acids is 2. The molecule has 2 aliphatic heterocycles. The summed E-state index contributed by atoms with van der Waals surface area (Å²) in [7, 11) is -5.66. The maximum Gasteiger partial charge on any atom is 0 e. The number of fused-ring (bicyclic) bond motifs is 2. The van der Waals surface area contributed by atoms with Crippen molar-refractivity contribution in [3.05, 3.63) is 95.7 Å². The molecule has 1 fully saturated rings. The first kappa shape index (κ1) is 39.6. The molecule has 237 valence electrons. The molecule has 1 radical (unpaired) electrons. The summed E-state index contributed by atoms with van der Waals surface area (Å²) in [5.74, 6) is -2.34.